The predicted molar refractivity (Wildman–Crippen MR) is 117 cm³/mol. The molecule has 4 aromatic rings. The van der Waals surface area contributed by atoms with E-state index in [1.807, 2.05) is 30.3 Å². The van der Waals surface area contributed by atoms with Gasteiger partial charge in [0, 0.05) is 31.3 Å². The number of amides is 1. The highest BCUT2D eigenvalue weighted by Crippen LogP contribution is 2.36. The molecule has 1 aliphatic rings. The van der Waals surface area contributed by atoms with Crippen molar-refractivity contribution >= 4 is 48.9 Å². The number of hydrogen-bond donors (Lipinski definition) is 2. The van der Waals surface area contributed by atoms with E-state index in [2.05, 4.69) is 20.4 Å². The summed E-state index contributed by atoms with van der Waals surface area (Å²) in [6, 6.07) is 9.18. The van der Waals surface area contributed by atoms with E-state index in [0.29, 0.717) is 22.3 Å². The Labute approximate surface area is 180 Å². The van der Waals surface area contributed by atoms with E-state index in [1.54, 1.807) is 18.3 Å². The number of benzene rings is 1. The molecule has 154 valence electrons. The van der Waals surface area contributed by atoms with Crippen LogP contribution >= 0.6 is 22.7 Å². The monoisotopic (exact) mass is 441 g/mol. The molecule has 10 heteroatoms. The Morgan fingerprint density at radius 1 is 1.20 bits per heavy atom. The van der Waals surface area contributed by atoms with Crippen molar-refractivity contribution in [3.63, 3.8) is 0 Å². The van der Waals surface area contributed by atoms with Crippen LogP contribution in [0.1, 0.15) is 28.4 Å². The van der Waals surface area contributed by atoms with Crippen molar-refractivity contribution in [2.75, 3.05) is 23.3 Å². The fraction of sp³-hybridized carbons (Fsp3) is 0.300. The van der Waals surface area contributed by atoms with Gasteiger partial charge in [-0.05, 0) is 43.2 Å². The van der Waals surface area contributed by atoms with E-state index in [0.717, 1.165) is 46.2 Å². The molecular weight excluding hydrogens is 422 g/mol. The third-order valence-electron chi connectivity index (χ3n) is 4.95. The van der Waals surface area contributed by atoms with Crippen LogP contribution in [0.4, 0.5) is 10.8 Å². The Kier molecular flexibility index (Phi) is 4.97. The van der Waals surface area contributed by atoms with E-state index < -0.39 is 0 Å². The third-order valence-corrected chi connectivity index (χ3v) is 7.17. The van der Waals surface area contributed by atoms with Crippen molar-refractivity contribution < 1.29 is 14.3 Å². The van der Waals surface area contributed by atoms with Crippen LogP contribution in [-0.4, -0.2) is 45.4 Å². The Hall–Kier alpha value is -2.82. The number of nitrogens with one attached hydrogen (secondary N) is 1. The molecule has 1 amide bonds. The molecule has 4 heterocycles. The summed E-state index contributed by atoms with van der Waals surface area (Å²) in [4.78, 5) is 21.1. The van der Waals surface area contributed by atoms with Gasteiger partial charge in [0.2, 0.25) is 11.8 Å². The maximum absolute atomic E-state index is 12.7. The number of thiazole rings is 1. The van der Waals surface area contributed by atoms with Crippen molar-refractivity contribution in [3.05, 3.63) is 41.1 Å². The lowest BCUT2D eigenvalue weighted by atomic mass is 10.1. The molecule has 1 aromatic carbocycles. The Morgan fingerprint density at radius 3 is 2.63 bits per heavy atom. The highest BCUT2D eigenvalue weighted by Gasteiger charge is 2.21. The standard InChI is InChI=1S/C20H19N5O3S2/c1-11-23-24-18(28-11)12-2-4-13(5-3-12)21-17(27)15-10-16-19(29-15)22-20(30-16)25-8-6-14(26)7-9-25/h2-5,10,14,26H,6-9H2,1H3,(H,21,27). The van der Waals surface area contributed by atoms with Crippen LogP contribution in [-0.2, 0) is 0 Å². The van der Waals surface area contributed by atoms with Crippen LogP contribution in [0.15, 0.2) is 34.7 Å². The number of fused-ring (bicyclic) bond motifs is 1. The van der Waals surface area contributed by atoms with Gasteiger partial charge in [-0.15, -0.1) is 21.5 Å². The first-order chi connectivity index (χ1) is 14.5. The van der Waals surface area contributed by atoms with Gasteiger partial charge in [-0.1, -0.05) is 11.3 Å². The SMILES string of the molecule is Cc1nnc(-c2ccc(NC(=O)c3cc4sc(N5CCC(O)CC5)nc4s3)cc2)o1. The van der Waals surface area contributed by atoms with E-state index in [4.69, 9.17) is 9.40 Å². The normalized spacial score (nSPS) is 15.1. The molecule has 0 unspecified atom stereocenters. The number of piperidine rings is 1. The Morgan fingerprint density at radius 2 is 1.97 bits per heavy atom. The number of hydrogen-bond acceptors (Lipinski definition) is 9. The van der Waals surface area contributed by atoms with Gasteiger partial charge in [0.25, 0.3) is 5.91 Å². The van der Waals surface area contributed by atoms with Gasteiger partial charge in [-0.2, -0.15) is 0 Å². The minimum atomic E-state index is -0.206. The molecule has 2 N–H and O–H groups in total. The summed E-state index contributed by atoms with van der Waals surface area (Å²) in [6.07, 6.45) is 1.33. The largest absolute Gasteiger partial charge is 0.421 e. The van der Waals surface area contributed by atoms with Crippen molar-refractivity contribution in [1.29, 1.82) is 0 Å². The Balaban J connectivity index is 1.27. The van der Waals surface area contributed by atoms with E-state index in [9.17, 15) is 9.90 Å². The zero-order chi connectivity index (χ0) is 20.7. The number of aryl methyl sites for hydroxylation is 1. The van der Waals surface area contributed by atoms with Crippen LogP contribution < -0.4 is 10.2 Å². The first-order valence-corrected chi connectivity index (χ1v) is 11.2. The third kappa shape index (κ3) is 3.81. The second kappa shape index (κ2) is 7.78. The van der Waals surface area contributed by atoms with E-state index in [1.165, 1.54) is 11.3 Å². The lowest BCUT2D eigenvalue weighted by molar-refractivity contribution is 0.103. The zero-order valence-corrected chi connectivity index (χ0v) is 17.8. The highest BCUT2D eigenvalue weighted by molar-refractivity contribution is 7.29. The summed E-state index contributed by atoms with van der Waals surface area (Å²) in [5.74, 6) is 0.804. The topological polar surface area (TPSA) is 104 Å². The first kappa shape index (κ1) is 19.2. The van der Waals surface area contributed by atoms with Gasteiger partial charge in [0.05, 0.1) is 15.7 Å². The van der Waals surface area contributed by atoms with Crippen LogP contribution in [0.5, 0.6) is 0 Å². The van der Waals surface area contributed by atoms with Crippen molar-refractivity contribution in [2.45, 2.75) is 25.9 Å². The van der Waals surface area contributed by atoms with E-state index >= 15 is 0 Å². The zero-order valence-electron chi connectivity index (χ0n) is 16.2. The molecule has 1 fully saturated rings. The van der Waals surface area contributed by atoms with Gasteiger partial charge in [-0.3, -0.25) is 4.79 Å². The second-order valence-corrected chi connectivity index (χ2v) is 9.19. The fourth-order valence-electron chi connectivity index (χ4n) is 3.33. The number of aliphatic hydroxyl groups excluding tert-OH is 1. The molecular formula is C20H19N5O3S2. The Bertz CT molecular complexity index is 1160. The molecule has 0 spiro atoms. The number of rotatable bonds is 4. The van der Waals surface area contributed by atoms with Gasteiger partial charge in [-0.25, -0.2) is 4.98 Å². The van der Waals surface area contributed by atoms with Crippen molar-refractivity contribution in [2.24, 2.45) is 0 Å². The molecule has 1 aliphatic heterocycles. The van der Waals surface area contributed by atoms with Gasteiger partial charge in [0.15, 0.2) is 5.13 Å². The summed E-state index contributed by atoms with van der Waals surface area (Å²) < 4.78 is 6.42. The summed E-state index contributed by atoms with van der Waals surface area (Å²) in [5.41, 5.74) is 1.49. The summed E-state index contributed by atoms with van der Waals surface area (Å²) in [7, 11) is 0. The fourth-order valence-corrected chi connectivity index (χ4v) is 5.49. The van der Waals surface area contributed by atoms with Gasteiger partial charge >= 0.3 is 0 Å². The smallest absolute Gasteiger partial charge is 0.265 e. The number of carbonyl (C=O) groups is 1. The maximum atomic E-state index is 12.7. The average molecular weight is 442 g/mol. The van der Waals surface area contributed by atoms with Gasteiger partial charge in [0.1, 0.15) is 4.83 Å². The maximum Gasteiger partial charge on any atom is 0.265 e. The number of anilines is 2. The number of nitrogens with zero attached hydrogens (tertiary/aromatic N) is 4. The number of carbonyl (C=O) groups excluding carboxylic acids is 1. The summed E-state index contributed by atoms with van der Waals surface area (Å²) >= 11 is 2.98. The summed E-state index contributed by atoms with van der Waals surface area (Å²) in [5, 5.41) is 21.4. The molecule has 0 radical (unpaired) electrons. The molecule has 1 saturated heterocycles. The first-order valence-electron chi connectivity index (χ1n) is 9.60. The highest BCUT2D eigenvalue weighted by atomic mass is 32.1. The minimum Gasteiger partial charge on any atom is -0.421 e. The van der Waals surface area contributed by atoms with E-state index in [-0.39, 0.29) is 12.0 Å². The molecule has 0 aliphatic carbocycles. The second-order valence-electron chi connectivity index (χ2n) is 7.15. The van der Waals surface area contributed by atoms with Crippen LogP contribution in [0.2, 0.25) is 0 Å². The molecule has 5 rings (SSSR count). The molecule has 0 saturated carbocycles. The summed E-state index contributed by atoms with van der Waals surface area (Å²) in [6.45, 7) is 3.37. The van der Waals surface area contributed by atoms with Crippen molar-refractivity contribution in [3.8, 4) is 11.5 Å². The number of aliphatic hydroxyl groups is 1. The van der Waals surface area contributed by atoms with Gasteiger partial charge < -0.3 is 19.7 Å². The molecule has 3 aromatic heterocycles. The molecule has 0 bridgehead atoms. The van der Waals surface area contributed by atoms with Crippen molar-refractivity contribution in [1.82, 2.24) is 15.2 Å². The molecule has 30 heavy (non-hydrogen) atoms. The minimum absolute atomic E-state index is 0.158. The van der Waals surface area contributed by atoms with Crippen LogP contribution in [0.3, 0.4) is 0 Å². The number of aromatic nitrogens is 3. The molecule has 8 nitrogen and oxygen atoms in total. The number of thiophene rings is 1. The lowest BCUT2D eigenvalue weighted by Crippen LogP contribution is -2.35. The lowest BCUT2D eigenvalue weighted by Gasteiger charge is -2.28. The van der Waals surface area contributed by atoms with Crippen LogP contribution in [0, 0.1) is 6.92 Å². The van der Waals surface area contributed by atoms with Crippen LogP contribution in [0.25, 0.3) is 21.0 Å². The quantitative estimate of drug-likeness (QED) is 0.494. The molecule has 0 atom stereocenters. The predicted octanol–water partition coefficient (Wildman–Crippen LogP) is 3.93. The average Bonchev–Trinajstić information content (AvgIpc) is 3.44.